The van der Waals surface area contributed by atoms with E-state index in [4.69, 9.17) is 31.2 Å². The van der Waals surface area contributed by atoms with Crippen LogP contribution < -0.4 is 25.8 Å². The average molecular weight is 885 g/mol. The van der Waals surface area contributed by atoms with Crippen LogP contribution in [-0.2, 0) is 25.7 Å². The van der Waals surface area contributed by atoms with Crippen molar-refractivity contribution in [2.45, 2.75) is 108 Å². The molecule has 2 aromatic carbocycles. The van der Waals surface area contributed by atoms with E-state index in [1.807, 2.05) is 32.0 Å². The van der Waals surface area contributed by atoms with E-state index >= 15 is 4.39 Å². The van der Waals surface area contributed by atoms with Gasteiger partial charge >= 0.3 is 5.97 Å². The van der Waals surface area contributed by atoms with E-state index in [0.29, 0.717) is 56.1 Å². The van der Waals surface area contributed by atoms with Crippen molar-refractivity contribution in [3.63, 3.8) is 0 Å². The lowest BCUT2D eigenvalue weighted by atomic mass is 9.83. The highest BCUT2D eigenvalue weighted by atomic mass is 35.5. The number of hydrogen-bond acceptors (Lipinski definition) is 12. The number of aromatic nitrogens is 3. The first kappa shape index (κ1) is 42.6. The summed E-state index contributed by atoms with van der Waals surface area (Å²) in [5.74, 6) is -1.76. The van der Waals surface area contributed by atoms with Crippen LogP contribution in [0.25, 0.3) is 10.9 Å². The Morgan fingerprint density at radius 2 is 1.76 bits per heavy atom. The summed E-state index contributed by atoms with van der Waals surface area (Å²) in [6, 6.07) is 9.94. The van der Waals surface area contributed by atoms with E-state index in [9.17, 15) is 24.0 Å². The van der Waals surface area contributed by atoms with Crippen LogP contribution in [0.15, 0.2) is 47.4 Å². The topological polar surface area (TPSA) is 189 Å². The Labute approximate surface area is 367 Å². The molecule has 9 rings (SSSR count). The van der Waals surface area contributed by atoms with Crippen LogP contribution in [-0.4, -0.2) is 110 Å². The molecule has 4 fully saturated rings. The van der Waals surface area contributed by atoms with E-state index in [2.05, 4.69) is 25.4 Å². The SMILES string of the molecule is CC(C)n1c(=O)c(OCC(=O)O)cc2cc(Nc3nc(N4CCC(O[C@H]5C[C@H](N6CCC(c7ccc8c(c7F)CN(C7CCC(=O)NC7=O)C8=O)CC6)C5)CC4)ncc3Cl)ccc21. The minimum absolute atomic E-state index is 0.0343. The molecule has 1 aliphatic carbocycles. The number of ether oxygens (including phenoxy) is 2. The molecule has 0 radical (unpaired) electrons. The van der Waals surface area contributed by atoms with Gasteiger partial charge in [-0.25, -0.2) is 14.2 Å². The molecule has 0 spiro atoms. The van der Waals surface area contributed by atoms with Gasteiger partial charge < -0.3 is 39.2 Å². The van der Waals surface area contributed by atoms with Gasteiger partial charge in [-0.05, 0) is 114 Å². The molecule has 332 valence electrons. The van der Waals surface area contributed by atoms with Gasteiger partial charge in [-0.1, -0.05) is 17.7 Å². The number of rotatable bonds is 12. The third kappa shape index (κ3) is 8.57. The standard InChI is InChI=1S/C45H50ClFN8O8/c1-24(2)55-35-6-3-27(17-26(35)18-37(44(55)61)62-23-39(57)58)49-41-34(46)21-48-45(51-41)53-15-11-29(12-16-53)63-30-19-28(20-30)52-13-9-25(10-14-52)31-4-5-32-33(40(31)47)22-54(43(32)60)36-7-8-38(56)50-42(36)59/h3-6,17-18,21,24-25,28-30,36H,7-16,19-20,22-23H2,1-2H3,(H,57,58)(H,48,49,51)(H,50,56,59)/t28-,30-,36?. The molecule has 0 bridgehead atoms. The largest absolute Gasteiger partial charge is 0.479 e. The average Bonchev–Trinajstić information content (AvgIpc) is 3.58. The van der Waals surface area contributed by atoms with Gasteiger partial charge in [0.1, 0.15) is 16.9 Å². The zero-order chi connectivity index (χ0) is 44.1. The zero-order valence-corrected chi connectivity index (χ0v) is 35.9. The number of benzene rings is 2. The maximum absolute atomic E-state index is 16.0. The lowest BCUT2D eigenvalue weighted by Gasteiger charge is -2.47. The van der Waals surface area contributed by atoms with Crippen molar-refractivity contribution < 1.29 is 38.1 Å². The van der Waals surface area contributed by atoms with Gasteiger partial charge in [0, 0.05) is 53.8 Å². The molecule has 4 aliphatic heterocycles. The Morgan fingerprint density at radius 3 is 2.48 bits per heavy atom. The van der Waals surface area contributed by atoms with E-state index in [1.165, 1.54) is 4.90 Å². The first-order valence-electron chi connectivity index (χ1n) is 21.7. The number of pyridine rings is 1. The number of carboxylic acids is 1. The first-order chi connectivity index (χ1) is 30.3. The number of piperidine rings is 3. The number of fused-ring (bicyclic) bond motifs is 2. The molecular weight excluding hydrogens is 835 g/mol. The molecule has 18 heteroatoms. The van der Waals surface area contributed by atoms with Crippen molar-refractivity contribution in [2.75, 3.05) is 43.0 Å². The number of imide groups is 1. The highest BCUT2D eigenvalue weighted by molar-refractivity contribution is 6.33. The van der Waals surface area contributed by atoms with Gasteiger partial charge in [-0.3, -0.25) is 24.5 Å². The van der Waals surface area contributed by atoms with Crippen LogP contribution in [0, 0.1) is 5.82 Å². The third-order valence-corrected chi connectivity index (χ3v) is 13.5. The van der Waals surface area contributed by atoms with Crippen LogP contribution in [0.3, 0.4) is 0 Å². The number of hydrogen-bond donors (Lipinski definition) is 3. The van der Waals surface area contributed by atoms with Gasteiger partial charge in [-0.2, -0.15) is 4.98 Å². The summed E-state index contributed by atoms with van der Waals surface area (Å²) in [6.45, 7) is 6.32. The molecule has 4 aromatic rings. The Balaban J connectivity index is 0.746. The van der Waals surface area contributed by atoms with Gasteiger partial charge in [0.2, 0.25) is 17.8 Å². The minimum Gasteiger partial charge on any atom is -0.479 e. The van der Waals surface area contributed by atoms with Gasteiger partial charge in [0.25, 0.3) is 11.5 Å². The summed E-state index contributed by atoms with van der Waals surface area (Å²) in [5.41, 5.74) is 2.22. The number of carbonyl (C=O) groups excluding carboxylic acids is 3. The molecule has 1 saturated carbocycles. The molecule has 63 heavy (non-hydrogen) atoms. The van der Waals surface area contributed by atoms with E-state index in [0.717, 1.165) is 64.7 Å². The van der Waals surface area contributed by atoms with Crippen LogP contribution in [0.4, 0.5) is 21.8 Å². The molecule has 2 aromatic heterocycles. The summed E-state index contributed by atoms with van der Waals surface area (Å²) in [7, 11) is 0. The van der Waals surface area contributed by atoms with Gasteiger partial charge in [0.05, 0.1) is 30.5 Å². The number of likely N-dealkylation sites (tertiary alicyclic amines) is 1. The molecule has 3 N–H and O–H groups in total. The maximum Gasteiger partial charge on any atom is 0.341 e. The Hall–Kier alpha value is -5.65. The minimum atomic E-state index is -1.18. The maximum atomic E-state index is 16.0. The molecule has 5 aliphatic rings. The molecule has 6 heterocycles. The summed E-state index contributed by atoms with van der Waals surface area (Å²) >= 11 is 6.56. The Kier molecular flexibility index (Phi) is 11.8. The van der Waals surface area contributed by atoms with Crippen molar-refractivity contribution in [3.8, 4) is 5.75 Å². The van der Waals surface area contributed by atoms with Crippen molar-refractivity contribution >= 4 is 63.6 Å². The molecular formula is C45H50ClFN8O8. The van der Waals surface area contributed by atoms with E-state index in [-0.39, 0.29) is 66.9 Å². The summed E-state index contributed by atoms with van der Waals surface area (Å²) in [4.78, 5) is 76.8. The van der Waals surface area contributed by atoms with Crippen LogP contribution in [0.1, 0.15) is 98.7 Å². The summed E-state index contributed by atoms with van der Waals surface area (Å²) in [6.07, 6.45) is 7.54. The molecule has 1 atom stereocenters. The predicted molar refractivity (Wildman–Crippen MR) is 231 cm³/mol. The Bertz CT molecular complexity index is 2530. The number of nitrogens with zero attached hydrogens (tertiary/aromatic N) is 6. The first-order valence-corrected chi connectivity index (χ1v) is 22.1. The van der Waals surface area contributed by atoms with Crippen LogP contribution >= 0.6 is 11.6 Å². The number of nitrogens with one attached hydrogen (secondary N) is 2. The fraction of sp³-hybridized carbons (Fsp3) is 0.489. The Morgan fingerprint density at radius 1 is 1.00 bits per heavy atom. The van der Waals surface area contributed by atoms with Gasteiger partial charge in [0.15, 0.2) is 18.2 Å². The molecule has 1 unspecified atom stereocenters. The monoisotopic (exact) mass is 884 g/mol. The number of aliphatic carboxylic acids is 1. The number of amides is 3. The number of carboxylic acid groups (broad SMARTS) is 1. The fourth-order valence-electron chi connectivity index (χ4n) is 9.81. The van der Waals surface area contributed by atoms with Crippen molar-refractivity contribution in [1.82, 2.24) is 29.7 Å². The van der Waals surface area contributed by atoms with Crippen LogP contribution in [0.2, 0.25) is 5.02 Å². The second kappa shape index (κ2) is 17.5. The molecule has 3 saturated heterocycles. The zero-order valence-electron chi connectivity index (χ0n) is 35.1. The second-order valence-corrected chi connectivity index (χ2v) is 17.9. The third-order valence-electron chi connectivity index (χ3n) is 13.2. The predicted octanol–water partition coefficient (Wildman–Crippen LogP) is 5.53. The smallest absolute Gasteiger partial charge is 0.341 e. The van der Waals surface area contributed by atoms with E-state index in [1.54, 1.807) is 29.0 Å². The van der Waals surface area contributed by atoms with Crippen LogP contribution in [0.5, 0.6) is 5.75 Å². The second-order valence-electron chi connectivity index (χ2n) is 17.5. The van der Waals surface area contributed by atoms with Gasteiger partial charge in [-0.15, -0.1) is 0 Å². The summed E-state index contributed by atoms with van der Waals surface area (Å²) < 4.78 is 29.5. The van der Waals surface area contributed by atoms with E-state index < -0.39 is 30.1 Å². The molecule has 16 nitrogen and oxygen atoms in total. The number of carbonyl (C=O) groups is 4. The lowest BCUT2D eigenvalue weighted by molar-refractivity contribution is -0.139. The quantitative estimate of drug-likeness (QED) is 0.151. The fourth-order valence-corrected chi connectivity index (χ4v) is 9.95. The summed E-state index contributed by atoms with van der Waals surface area (Å²) in [5, 5.41) is 15.7. The van der Waals surface area contributed by atoms with Crippen molar-refractivity contribution in [1.29, 1.82) is 0 Å². The van der Waals surface area contributed by atoms with Crippen molar-refractivity contribution in [2.24, 2.45) is 0 Å². The highest BCUT2D eigenvalue weighted by Crippen LogP contribution is 2.39. The normalized spacial score (nSPS) is 22.4. The number of anilines is 3. The highest BCUT2D eigenvalue weighted by Gasteiger charge is 2.42. The number of halogens is 2. The molecule has 3 amide bonds. The van der Waals surface area contributed by atoms with Crippen molar-refractivity contribution in [3.05, 3.63) is 80.5 Å². The lowest BCUT2D eigenvalue weighted by Crippen LogP contribution is -2.52.